The van der Waals surface area contributed by atoms with Crippen LogP contribution in [0.2, 0.25) is 0 Å². The minimum atomic E-state index is -3.83. The Morgan fingerprint density at radius 2 is 1.92 bits per heavy atom. The summed E-state index contributed by atoms with van der Waals surface area (Å²) in [6, 6.07) is 11.0. The van der Waals surface area contributed by atoms with E-state index in [4.69, 9.17) is 4.74 Å². The zero-order valence-electron chi connectivity index (χ0n) is 15.1. The standard InChI is InChI=1S/C18H22N2O4S2/c1-12-10-16(8-9-17(12)24-3)26(22,23)20-13(2)18(21)19-14-6-5-7-15(11-14)25-4/h5-11,13,20H,1-4H3,(H,19,21)/t13-/m1/s1. The lowest BCUT2D eigenvalue weighted by Gasteiger charge is -2.15. The largest absolute Gasteiger partial charge is 0.496 e. The summed E-state index contributed by atoms with van der Waals surface area (Å²) in [4.78, 5) is 13.4. The Labute approximate surface area is 158 Å². The third kappa shape index (κ3) is 5.00. The fourth-order valence-corrected chi connectivity index (χ4v) is 4.07. The van der Waals surface area contributed by atoms with E-state index in [1.807, 2.05) is 24.5 Å². The molecule has 0 radical (unpaired) electrons. The molecule has 0 aliphatic carbocycles. The first kappa shape index (κ1) is 20.3. The van der Waals surface area contributed by atoms with Gasteiger partial charge < -0.3 is 10.1 Å². The highest BCUT2D eigenvalue weighted by Crippen LogP contribution is 2.22. The van der Waals surface area contributed by atoms with Crippen molar-refractivity contribution in [2.75, 3.05) is 18.7 Å². The number of methoxy groups -OCH3 is 1. The SMILES string of the molecule is COc1ccc(S(=O)(=O)N[C@H](C)C(=O)Nc2cccc(SC)c2)cc1C. The van der Waals surface area contributed by atoms with E-state index in [-0.39, 0.29) is 4.90 Å². The Hall–Kier alpha value is -2.03. The average Bonchev–Trinajstić information content (AvgIpc) is 2.61. The van der Waals surface area contributed by atoms with E-state index in [2.05, 4.69) is 10.0 Å². The average molecular weight is 395 g/mol. The van der Waals surface area contributed by atoms with Crippen molar-refractivity contribution >= 4 is 33.4 Å². The van der Waals surface area contributed by atoms with Crippen LogP contribution in [0.25, 0.3) is 0 Å². The van der Waals surface area contributed by atoms with Gasteiger partial charge in [-0.15, -0.1) is 11.8 Å². The number of aryl methyl sites for hydroxylation is 1. The second kappa shape index (κ2) is 8.57. The Balaban J connectivity index is 2.10. The number of benzene rings is 2. The van der Waals surface area contributed by atoms with Crippen LogP contribution >= 0.6 is 11.8 Å². The lowest BCUT2D eigenvalue weighted by Crippen LogP contribution is -2.41. The Bertz CT molecular complexity index is 898. The molecule has 1 atom stereocenters. The fraction of sp³-hybridized carbons (Fsp3) is 0.278. The Morgan fingerprint density at radius 1 is 1.19 bits per heavy atom. The maximum atomic E-state index is 12.5. The third-order valence-electron chi connectivity index (χ3n) is 3.74. The zero-order chi connectivity index (χ0) is 19.3. The molecule has 26 heavy (non-hydrogen) atoms. The molecule has 2 aromatic carbocycles. The number of carbonyl (C=O) groups is 1. The number of hydrogen-bond donors (Lipinski definition) is 2. The van der Waals surface area contributed by atoms with Crippen molar-refractivity contribution in [2.45, 2.75) is 29.7 Å². The number of ether oxygens (including phenoxy) is 1. The quantitative estimate of drug-likeness (QED) is 0.705. The van der Waals surface area contributed by atoms with Gasteiger partial charge in [-0.1, -0.05) is 6.07 Å². The van der Waals surface area contributed by atoms with Crippen molar-refractivity contribution in [3.63, 3.8) is 0 Å². The summed E-state index contributed by atoms with van der Waals surface area (Å²) in [6.45, 7) is 3.26. The summed E-state index contributed by atoms with van der Waals surface area (Å²) in [5, 5.41) is 2.72. The third-order valence-corrected chi connectivity index (χ3v) is 6.00. The van der Waals surface area contributed by atoms with Gasteiger partial charge in [0, 0.05) is 10.6 Å². The molecule has 0 spiro atoms. The molecule has 2 N–H and O–H groups in total. The van der Waals surface area contributed by atoms with E-state index in [9.17, 15) is 13.2 Å². The molecule has 2 rings (SSSR count). The molecular formula is C18H22N2O4S2. The second-order valence-corrected chi connectivity index (χ2v) is 8.29. The number of carbonyl (C=O) groups excluding carboxylic acids is 1. The predicted molar refractivity (Wildman–Crippen MR) is 104 cm³/mol. The number of sulfonamides is 1. The van der Waals surface area contributed by atoms with Crippen LogP contribution < -0.4 is 14.8 Å². The van der Waals surface area contributed by atoms with E-state index >= 15 is 0 Å². The van der Waals surface area contributed by atoms with Gasteiger partial charge in [0.25, 0.3) is 0 Å². The highest BCUT2D eigenvalue weighted by Gasteiger charge is 2.22. The molecule has 0 saturated heterocycles. The van der Waals surface area contributed by atoms with Gasteiger partial charge >= 0.3 is 0 Å². The molecule has 0 heterocycles. The molecule has 0 fully saturated rings. The highest BCUT2D eigenvalue weighted by molar-refractivity contribution is 7.98. The first-order valence-corrected chi connectivity index (χ1v) is 10.6. The van der Waals surface area contributed by atoms with Crippen LogP contribution in [0, 0.1) is 6.92 Å². The van der Waals surface area contributed by atoms with E-state index in [1.54, 1.807) is 30.8 Å². The molecule has 140 valence electrons. The monoisotopic (exact) mass is 394 g/mol. The smallest absolute Gasteiger partial charge is 0.242 e. The van der Waals surface area contributed by atoms with E-state index < -0.39 is 22.0 Å². The summed E-state index contributed by atoms with van der Waals surface area (Å²) in [5.41, 5.74) is 1.31. The minimum absolute atomic E-state index is 0.0832. The number of thioether (sulfide) groups is 1. The number of amides is 1. The summed E-state index contributed by atoms with van der Waals surface area (Å²) in [7, 11) is -2.31. The molecule has 0 aliphatic heterocycles. The van der Waals surface area contributed by atoms with Crippen molar-refractivity contribution in [1.29, 1.82) is 0 Å². The molecule has 0 saturated carbocycles. The molecule has 6 nitrogen and oxygen atoms in total. The van der Waals surface area contributed by atoms with Crippen LogP contribution in [-0.4, -0.2) is 33.7 Å². The van der Waals surface area contributed by atoms with Crippen molar-refractivity contribution in [2.24, 2.45) is 0 Å². The minimum Gasteiger partial charge on any atom is -0.496 e. The maximum Gasteiger partial charge on any atom is 0.242 e. The van der Waals surface area contributed by atoms with E-state index in [1.165, 1.54) is 26.2 Å². The molecule has 2 aromatic rings. The predicted octanol–water partition coefficient (Wildman–Crippen LogP) is 3.03. The van der Waals surface area contributed by atoms with Crippen LogP contribution in [0.1, 0.15) is 12.5 Å². The topological polar surface area (TPSA) is 84.5 Å². The first-order chi connectivity index (χ1) is 12.3. The number of nitrogens with one attached hydrogen (secondary N) is 2. The van der Waals surface area contributed by atoms with Crippen molar-refractivity contribution in [1.82, 2.24) is 4.72 Å². The van der Waals surface area contributed by atoms with Gasteiger partial charge in [-0.05, 0) is 62.1 Å². The summed E-state index contributed by atoms with van der Waals surface area (Å²) in [6.07, 6.45) is 1.94. The number of rotatable bonds is 7. The van der Waals surface area contributed by atoms with Crippen molar-refractivity contribution < 1.29 is 17.9 Å². The van der Waals surface area contributed by atoms with Gasteiger partial charge in [0.05, 0.1) is 18.0 Å². The first-order valence-electron chi connectivity index (χ1n) is 7.88. The van der Waals surface area contributed by atoms with Crippen LogP contribution in [-0.2, 0) is 14.8 Å². The van der Waals surface area contributed by atoms with Crippen LogP contribution in [0.15, 0.2) is 52.3 Å². The number of anilines is 1. The Kier molecular flexibility index (Phi) is 6.69. The van der Waals surface area contributed by atoms with Gasteiger partial charge in [0.1, 0.15) is 5.75 Å². The summed E-state index contributed by atoms with van der Waals surface area (Å²) < 4.78 is 32.6. The second-order valence-electron chi connectivity index (χ2n) is 5.70. The summed E-state index contributed by atoms with van der Waals surface area (Å²) >= 11 is 1.56. The molecule has 0 aliphatic rings. The Morgan fingerprint density at radius 3 is 2.54 bits per heavy atom. The van der Waals surface area contributed by atoms with Gasteiger partial charge in [-0.2, -0.15) is 4.72 Å². The normalized spacial score (nSPS) is 12.5. The van der Waals surface area contributed by atoms with Gasteiger partial charge in [0.2, 0.25) is 15.9 Å². The molecule has 1 amide bonds. The van der Waals surface area contributed by atoms with Gasteiger partial charge in [-0.25, -0.2) is 8.42 Å². The van der Waals surface area contributed by atoms with Crippen molar-refractivity contribution in [3.05, 3.63) is 48.0 Å². The maximum absolute atomic E-state index is 12.5. The van der Waals surface area contributed by atoms with Crippen LogP contribution in [0.5, 0.6) is 5.75 Å². The highest BCUT2D eigenvalue weighted by atomic mass is 32.2. The lowest BCUT2D eigenvalue weighted by molar-refractivity contribution is -0.117. The van der Waals surface area contributed by atoms with Crippen molar-refractivity contribution in [3.8, 4) is 5.75 Å². The zero-order valence-corrected chi connectivity index (χ0v) is 16.7. The molecule has 0 aromatic heterocycles. The van der Waals surface area contributed by atoms with Crippen LogP contribution in [0.3, 0.4) is 0 Å². The van der Waals surface area contributed by atoms with Crippen LogP contribution in [0.4, 0.5) is 5.69 Å². The van der Waals surface area contributed by atoms with Gasteiger partial charge in [0.15, 0.2) is 0 Å². The number of hydrogen-bond acceptors (Lipinski definition) is 5. The summed E-state index contributed by atoms with van der Waals surface area (Å²) in [5.74, 6) is 0.167. The lowest BCUT2D eigenvalue weighted by atomic mass is 10.2. The fourth-order valence-electron chi connectivity index (χ4n) is 2.32. The molecule has 0 bridgehead atoms. The van der Waals surface area contributed by atoms with E-state index in [0.29, 0.717) is 17.0 Å². The van der Waals surface area contributed by atoms with Gasteiger partial charge in [-0.3, -0.25) is 4.79 Å². The molecular weight excluding hydrogens is 372 g/mol. The molecule has 0 unspecified atom stereocenters. The molecule has 8 heteroatoms. The van der Waals surface area contributed by atoms with E-state index in [0.717, 1.165) is 4.90 Å².